The molecule has 1 saturated carbocycles. The van der Waals surface area contributed by atoms with Crippen LogP contribution in [0.1, 0.15) is 35.4 Å². The van der Waals surface area contributed by atoms with Gasteiger partial charge >= 0.3 is 0 Å². The summed E-state index contributed by atoms with van der Waals surface area (Å²) in [6.07, 6.45) is 2.43. The maximum absolute atomic E-state index is 15.5. The fraction of sp³-hybridized carbons (Fsp3) is 0.318. The number of amides is 4. The van der Waals surface area contributed by atoms with E-state index in [4.69, 9.17) is 32.7 Å². The maximum Gasteiger partial charge on any atom is 0.260 e. The fourth-order valence-corrected chi connectivity index (χ4v) is 10.4. The Morgan fingerprint density at radius 3 is 2.25 bits per heavy atom. The number of aromatic hydroxyl groups is 1. The molecule has 0 radical (unpaired) electrons. The SMILES string of the molecule is COc1ccc([C@@]23C(=O)N(Nc4ccc(Cl)cc4Cl)C(=O)[C@@H]2C[C@@H]2C(=CC[C@@H]4C(=O)N(c5ccc(N6CCOCC6)cc5)C(=O)[C@@H]42)[C@@H]3c2ccc(O)c(C)c2)cc1. The number of halogens is 2. The van der Waals surface area contributed by atoms with E-state index in [2.05, 4.69) is 10.3 Å². The number of aryl methyl sites for hydroxylation is 1. The summed E-state index contributed by atoms with van der Waals surface area (Å²) in [5.74, 6) is -4.62. The van der Waals surface area contributed by atoms with Gasteiger partial charge in [-0.2, -0.15) is 5.01 Å². The molecule has 0 unspecified atom stereocenters. The quantitative estimate of drug-likeness (QED) is 0.149. The van der Waals surface area contributed by atoms with E-state index in [-0.39, 0.29) is 35.4 Å². The molecule has 4 amide bonds. The first-order valence-corrected chi connectivity index (χ1v) is 19.8. The van der Waals surface area contributed by atoms with Crippen LogP contribution in [0.25, 0.3) is 0 Å². The van der Waals surface area contributed by atoms with E-state index in [1.165, 1.54) is 11.0 Å². The van der Waals surface area contributed by atoms with Gasteiger partial charge in [-0.05, 0) is 103 Å². The number of allylic oxidation sites excluding steroid dienone is 2. The zero-order valence-electron chi connectivity index (χ0n) is 31.3. The van der Waals surface area contributed by atoms with Crippen molar-refractivity contribution >= 4 is 63.9 Å². The predicted octanol–water partition coefficient (Wildman–Crippen LogP) is 7.04. The third-order valence-corrected chi connectivity index (χ3v) is 13.2. The van der Waals surface area contributed by atoms with Crippen LogP contribution >= 0.6 is 23.2 Å². The van der Waals surface area contributed by atoms with Gasteiger partial charge in [0.15, 0.2) is 0 Å². The van der Waals surface area contributed by atoms with Crippen molar-refractivity contribution in [3.63, 3.8) is 0 Å². The van der Waals surface area contributed by atoms with Crippen molar-refractivity contribution in [2.75, 3.05) is 48.6 Å². The number of rotatable bonds is 7. The van der Waals surface area contributed by atoms with Crippen molar-refractivity contribution in [1.82, 2.24) is 5.01 Å². The number of nitrogens with zero attached hydrogens (tertiary/aromatic N) is 3. The Kier molecular flexibility index (Phi) is 9.30. The molecule has 5 aliphatic rings. The van der Waals surface area contributed by atoms with Crippen LogP contribution in [0.3, 0.4) is 0 Å². The summed E-state index contributed by atoms with van der Waals surface area (Å²) >= 11 is 12.8. The Labute approximate surface area is 339 Å². The Morgan fingerprint density at radius 1 is 0.842 bits per heavy atom. The number of anilines is 3. The number of phenols is 1. The number of imide groups is 2. The Hall–Kier alpha value is -5.36. The number of hydrogen-bond donors (Lipinski definition) is 2. The summed E-state index contributed by atoms with van der Waals surface area (Å²) in [7, 11) is 1.56. The lowest BCUT2D eigenvalue weighted by molar-refractivity contribution is -0.138. The zero-order valence-corrected chi connectivity index (χ0v) is 32.8. The van der Waals surface area contributed by atoms with E-state index in [1.54, 1.807) is 50.4 Å². The molecule has 0 spiro atoms. The van der Waals surface area contributed by atoms with Gasteiger partial charge in [0.05, 0.1) is 59.9 Å². The van der Waals surface area contributed by atoms with Crippen molar-refractivity contribution in [2.24, 2.45) is 23.7 Å². The smallest absolute Gasteiger partial charge is 0.260 e. The fourth-order valence-electron chi connectivity index (χ4n) is 9.97. The number of hydrogen-bond acceptors (Lipinski definition) is 9. The molecule has 57 heavy (non-hydrogen) atoms. The monoisotopic (exact) mass is 806 g/mol. The number of carbonyl (C=O) groups is 4. The Morgan fingerprint density at radius 2 is 1.56 bits per heavy atom. The molecule has 2 N–H and O–H groups in total. The normalized spacial score (nSPS) is 26.9. The third kappa shape index (κ3) is 5.81. The summed E-state index contributed by atoms with van der Waals surface area (Å²) < 4.78 is 11.0. The van der Waals surface area contributed by atoms with Gasteiger partial charge in [0.1, 0.15) is 11.5 Å². The molecule has 9 rings (SSSR count). The number of fused-ring (bicyclic) bond motifs is 4. The Bertz CT molecular complexity index is 2350. The molecule has 6 atom stereocenters. The molecule has 4 aromatic rings. The van der Waals surface area contributed by atoms with Gasteiger partial charge in [-0.1, -0.05) is 59.1 Å². The first-order chi connectivity index (χ1) is 27.5. The highest BCUT2D eigenvalue weighted by Crippen LogP contribution is 2.64. The lowest BCUT2D eigenvalue weighted by Gasteiger charge is -2.50. The van der Waals surface area contributed by atoms with Crippen LogP contribution in [0.5, 0.6) is 11.5 Å². The molecule has 4 aromatic carbocycles. The van der Waals surface area contributed by atoms with Gasteiger partial charge < -0.3 is 19.5 Å². The first kappa shape index (κ1) is 37.2. The molecular weight excluding hydrogens is 767 g/mol. The second-order valence-electron chi connectivity index (χ2n) is 15.4. The van der Waals surface area contributed by atoms with Crippen LogP contribution in [0, 0.1) is 30.6 Å². The van der Waals surface area contributed by atoms with E-state index < -0.39 is 46.8 Å². The molecule has 13 heteroatoms. The van der Waals surface area contributed by atoms with Crippen molar-refractivity contribution in [2.45, 2.75) is 31.1 Å². The summed E-state index contributed by atoms with van der Waals surface area (Å²) in [5, 5.41) is 12.3. The minimum atomic E-state index is -1.51. The average molecular weight is 808 g/mol. The topological polar surface area (TPSA) is 129 Å². The molecule has 0 aromatic heterocycles. The van der Waals surface area contributed by atoms with Gasteiger partial charge in [-0.3, -0.25) is 29.5 Å². The number of carbonyl (C=O) groups excluding carboxylic acids is 4. The molecule has 292 valence electrons. The molecule has 0 bridgehead atoms. The summed E-state index contributed by atoms with van der Waals surface area (Å²) in [6, 6.07) is 24.6. The summed E-state index contributed by atoms with van der Waals surface area (Å²) in [5.41, 5.74) is 5.99. The summed E-state index contributed by atoms with van der Waals surface area (Å²) in [4.78, 5) is 63.0. The number of benzene rings is 4. The lowest BCUT2D eigenvalue weighted by atomic mass is 9.49. The van der Waals surface area contributed by atoms with Crippen LogP contribution in [0.15, 0.2) is 96.6 Å². The lowest BCUT2D eigenvalue weighted by Crippen LogP contribution is -2.53. The molecule has 3 heterocycles. The highest BCUT2D eigenvalue weighted by molar-refractivity contribution is 6.36. The number of hydrazine groups is 1. The minimum absolute atomic E-state index is 0.0835. The Balaban J connectivity index is 1.17. The van der Waals surface area contributed by atoms with E-state index in [0.29, 0.717) is 52.1 Å². The summed E-state index contributed by atoms with van der Waals surface area (Å²) in [6.45, 7) is 4.55. The second-order valence-corrected chi connectivity index (χ2v) is 16.2. The van der Waals surface area contributed by atoms with Crippen LogP contribution < -0.4 is 20.0 Å². The van der Waals surface area contributed by atoms with Crippen molar-refractivity contribution in [3.8, 4) is 11.5 Å². The maximum atomic E-state index is 15.5. The molecule has 4 fully saturated rings. The standard InChI is InChI=1S/C44H40Cl2N4O7/c1-24-21-25(3-16-37(24)51)39-31-13-14-32-38(42(54)49(40(32)52)29-9-7-28(8-10-29)48-17-19-57-20-18-48)33(31)23-34-41(53)50(47-36-15-6-27(45)22-35(36)46)43(55)44(34,39)26-4-11-30(56-2)12-5-26/h3-13,15-16,21-22,32-34,38-39,47,51H,14,17-20,23H2,1-2H3/t32-,33+,34-,38-,39-,44+/m0/s1. The van der Waals surface area contributed by atoms with E-state index >= 15 is 9.59 Å². The van der Waals surface area contributed by atoms with Crippen LogP contribution in [-0.2, 0) is 29.3 Å². The van der Waals surface area contributed by atoms with E-state index in [0.717, 1.165) is 29.4 Å². The van der Waals surface area contributed by atoms with Crippen LogP contribution in [-0.4, -0.2) is 67.2 Å². The van der Waals surface area contributed by atoms with Gasteiger partial charge in [-0.15, -0.1) is 0 Å². The van der Waals surface area contributed by atoms with Gasteiger partial charge in [-0.25, -0.2) is 0 Å². The van der Waals surface area contributed by atoms with Gasteiger partial charge in [0.25, 0.3) is 11.8 Å². The molecule has 3 aliphatic heterocycles. The number of morpholine rings is 1. The molecule has 3 saturated heterocycles. The van der Waals surface area contributed by atoms with E-state index in [9.17, 15) is 14.7 Å². The van der Waals surface area contributed by atoms with Crippen molar-refractivity contribution in [1.29, 1.82) is 0 Å². The number of phenolic OH excluding ortho intramolecular Hbond substituents is 1. The number of nitrogens with one attached hydrogen (secondary N) is 1. The van der Waals surface area contributed by atoms with E-state index in [1.807, 2.05) is 48.5 Å². The number of methoxy groups -OCH3 is 1. The molecular formula is C44H40Cl2N4O7. The zero-order chi connectivity index (χ0) is 39.7. The van der Waals surface area contributed by atoms with Crippen LogP contribution in [0.2, 0.25) is 10.0 Å². The average Bonchev–Trinajstić information content (AvgIpc) is 3.60. The molecule has 2 aliphatic carbocycles. The highest BCUT2D eigenvalue weighted by atomic mass is 35.5. The van der Waals surface area contributed by atoms with Crippen molar-refractivity contribution < 1.29 is 33.8 Å². The molecule has 11 nitrogen and oxygen atoms in total. The largest absolute Gasteiger partial charge is 0.508 e. The highest BCUT2D eigenvalue weighted by Gasteiger charge is 2.70. The first-order valence-electron chi connectivity index (χ1n) is 19.1. The van der Waals surface area contributed by atoms with Gasteiger partial charge in [0.2, 0.25) is 11.8 Å². The van der Waals surface area contributed by atoms with Gasteiger partial charge in [0, 0.05) is 29.7 Å². The second kappa shape index (κ2) is 14.2. The minimum Gasteiger partial charge on any atom is -0.508 e. The van der Waals surface area contributed by atoms with Crippen molar-refractivity contribution in [3.05, 3.63) is 123 Å². The number of ether oxygens (including phenoxy) is 2. The predicted molar refractivity (Wildman–Crippen MR) is 215 cm³/mol. The third-order valence-electron chi connectivity index (χ3n) is 12.6. The van der Waals surface area contributed by atoms with Crippen LogP contribution in [0.4, 0.5) is 17.1 Å².